The first kappa shape index (κ1) is 15.9. The molecule has 0 saturated carbocycles. The van der Waals surface area contributed by atoms with Gasteiger partial charge in [0, 0.05) is 13.1 Å². The van der Waals surface area contributed by atoms with E-state index in [-0.39, 0.29) is 11.6 Å². The van der Waals surface area contributed by atoms with Crippen LogP contribution in [0.1, 0.15) is 11.1 Å². The van der Waals surface area contributed by atoms with Crippen molar-refractivity contribution in [3.63, 3.8) is 0 Å². The number of nitrogens with two attached hydrogens (primary N) is 1. The molecule has 0 aliphatic heterocycles. The fourth-order valence-corrected chi connectivity index (χ4v) is 3.21. The first-order valence-electron chi connectivity index (χ1n) is 6.16. The fraction of sp³-hybridized carbons (Fsp3) is 0.143. The Morgan fingerprint density at radius 2 is 1.76 bits per heavy atom. The molecule has 7 heteroatoms. The summed E-state index contributed by atoms with van der Waals surface area (Å²) in [6, 6.07) is 11.0. The predicted molar refractivity (Wildman–Crippen MR) is 79.8 cm³/mol. The van der Waals surface area contributed by atoms with E-state index in [2.05, 4.69) is 4.72 Å². The molecule has 0 unspecified atom stereocenters. The van der Waals surface area contributed by atoms with Gasteiger partial charge in [-0.2, -0.15) is 0 Å². The van der Waals surface area contributed by atoms with Crippen LogP contribution >= 0.6 is 11.6 Å². The van der Waals surface area contributed by atoms with Crippen molar-refractivity contribution in [2.75, 3.05) is 0 Å². The van der Waals surface area contributed by atoms with Crippen LogP contribution < -0.4 is 10.5 Å². The van der Waals surface area contributed by atoms with Crippen LogP contribution in [-0.2, 0) is 23.1 Å². The highest BCUT2D eigenvalue weighted by Gasteiger charge is 2.20. The van der Waals surface area contributed by atoms with Crippen LogP contribution in [0, 0.1) is 5.82 Å². The lowest BCUT2D eigenvalue weighted by Gasteiger charge is -2.11. The van der Waals surface area contributed by atoms with Crippen molar-refractivity contribution >= 4 is 21.6 Å². The van der Waals surface area contributed by atoms with Gasteiger partial charge < -0.3 is 5.73 Å². The van der Waals surface area contributed by atoms with Crippen LogP contribution in [0.5, 0.6) is 0 Å². The van der Waals surface area contributed by atoms with Crippen molar-refractivity contribution in [2.45, 2.75) is 18.0 Å². The molecule has 0 amide bonds. The third-order valence-electron chi connectivity index (χ3n) is 3.00. The molecule has 0 atom stereocenters. The van der Waals surface area contributed by atoms with E-state index in [1.807, 2.05) is 12.1 Å². The summed E-state index contributed by atoms with van der Waals surface area (Å²) in [6.45, 7) is 0.324. The second-order valence-electron chi connectivity index (χ2n) is 4.35. The summed E-state index contributed by atoms with van der Waals surface area (Å²) in [5.41, 5.74) is 7.16. The lowest BCUT2D eigenvalue weighted by molar-refractivity contribution is 0.557. The van der Waals surface area contributed by atoms with Gasteiger partial charge in [0.2, 0.25) is 10.0 Å². The highest BCUT2D eigenvalue weighted by molar-refractivity contribution is 7.89. The zero-order valence-corrected chi connectivity index (χ0v) is 12.6. The van der Waals surface area contributed by atoms with E-state index >= 15 is 0 Å². The number of hydrogen-bond donors (Lipinski definition) is 2. The highest BCUT2D eigenvalue weighted by atomic mass is 35.5. The summed E-state index contributed by atoms with van der Waals surface area (Å²) in [4.78, 5) is -0.472. The Hall–Kier alpha value is -1.47. The first-order valence-corrected chi connectivity index (χ1v) is 8.02. The van der Waals surface area contributed by atoms with E-state index in [1.165, 1.54) is 18.2 Å². The average molecular weight is 329 g/mol. The Bertz CT molecular complexity index is 750. The van der Waals surface area contributed by atoms with E-state index in [0.29, 0.717) is 6.54 Å². The zero-order valence-electron chi connectivity index (χ0n) is 11.0. The van der Waals surface area contributed by atoms with Crippen molar-refractivity contribution in [1.82, 2.24) is 4.72 Å². The topological polar surface area (TPSA) is 72.2 Å². The zero-order chi connectivity index (χ0) is 15.5. The van der Waals surface area contributed by atoms with Gasteiger partial charge in [0.1, 0.15) is 4.90 Å². The molecule has 112 valence electrons. The second-order valence-corrected chi connectivity index (χ2v) is 6.49. The van der Waals surface area contributed by atoms with E-state index < -0.39 is 20.7 Å². The molecule has 2 aromatic carbocycles. The third kappa shape index (κ3) is 3.59. The minimum atomic E-state index is -3.99. The molecule has 0 aliphatic carbocycles. The maximum Gasteiger partial charge on any atom is 0.243 e. The Labute approximate surface area is 127 Å². The van der Waals surface area contributed by atoms with Crippen LogP contribution in [0.15, 0.2) is 47.4 Å². The first-order chi connectivity index (χ1) is 9.95. The normalized spacial score (nSPS) is 11.6. The van der Waals surface area contributed by atoms with Gasteiger partial charge in [-0.25, -0.2) is 17.5 Å². The molecule has 3 N–H and O–H groups in total. The molecule has 0 aromatic heterocycles. The van der Waals surface area contributed by atoms with Crippen molar-refractivity contribution < 1.29 is 12.8 Å². The van der Waals surface area contributed by atoms with Gasteiger partial charge in [-0.3, -0.25) is 0 Å². The molecule has 2 rings (SSSR count). The van der Waals surface area contributed by atoms with E-state index in [0.717, 1.165) is 11.1 Å². The molecule has 21 heavy (non-hydrogen) atoms. The SMILES string of the molecule is NCc1ccccc1CNS(=O)(=O)c1cccc(Cl)c1F. The lowest BCUT2D eigenvalue weighted by Crippen LogP contribution is -2.25. The molecule has 0 heterocycles. The summed E-state index contributed by atoms with van der Waals surface area (Å²) >= 11 is 5.60. The van der Waals surface area contributed by atoms with Gasteiger partial charge in [0.15, 0.2) is 5.82 Å². The van der Waals surface area contributed by atoms with Crippen molar-refractivity contribution in [1.29, 1.82) is 0 Å². The molecule has 0 spiro atoms. The van der Waals surface area contributed by atoms with Crippen LogP contribution in [0.3, 0.4) is 0 Å². The molecular formula is C14H14ClFN2O2S. The summed E-state index contributed by atoms with van der Waals surface area (Å²) in [5, 5.41) is -0.236. The molecular weight excluding hydrogens is 315 g/mol. The molecule has 0 saturated heterocycles. The monoisotopic (exact) mass is 328 g/mol. The molecule has 4 nitrogen and oxygen atoms in total. The van der Waals surface area contributed by atoms with Gasteiger partial charge in [-0.05, 0) is 23.3 Å². The van der Waals surface area contributed by atoms with Crippen molar-refractivity contribution in [3.05, 3.63) is 64.4 Å². The van der Waals surface area contributed by atoms with Gasteiger partial charge in [0.25, 0.3) is 0 Å². The third-order valence-corrected chi connectivity index (χ3v) is 4.71. The summed E-state index contributed by atoms with van der Waals surface area (Å²) in [7, 11) is -3.99. The number of sulfonamides is 1. The Balaban J connectivity index is 2.24. The highest BCUT2D eigenvalue weighted by Crippen LogP contribution is 2.22. The van der Waals surface area contributed by atoms with Gasteiger partial charge in [-0.1, -0.05) is 41.9 Å². The van der Waals surface area contributed by atoms with Crippen molar-refractivity contribution in [3.8, 4) is 0 Å². The van der Waals surface area contributed by atoms with Gasteiger partial charge >= 0.3 is 0 Å². The molecule has 0 radical (unpaired) electrons. The fourth-order valence-electron chi connectivity index (χ4n) is 1.87. The largest absolute Gasteiger partial charge is 0.326 e. The number of benzene rings is 2. The Morgan fingerprint density at radius 3 is 2.43 bits per heavy atom. The van der Waals surface area contributed by atoms with Gasteiger partial charge in [-0.15, -0.1) is 0 Å². The number of hydrogen-bond acceptors (Lipinski definition) is 3. The maximum absolute atomic E-state index is 13.8. The predicted octanol–water partition coefficient (Wildman–Crippen LogP) is 2.42. The van der Waals surface area contributed by atoms with Gasteiger partial charge in [0.05, 0.1) is 5.02 Å². The summed E-state index contributed by atoms with van der Waals surface area (Å²) < 4.78 is 40.4. The summed E-state index contributed by atoms with van der Waals surface area (Å²) in [5.74, 6) is -0.959. The minimum Gasteiger partial charge on any atom is -0.326 e. The molecule has 2 aromatic rings. The van der Waals surface area contributed by atoms with Crippen LogP contribution in [0.2, 0.25) is 5.02 Å². The summed E-state index contributed by atoms with van der Waals surface area (Å²) in [6.07, 6.45) is 0. The molecule has 0 bridgehead atoms. The standard InChI is InChI=1S/C14H14ClFN2O2S/c15-12-6-3-7-13(14(12)16)21(19,20)18-9-11-5-2-1-4-10(11)8-17/h1-7,18H,8-9,17H2. The van der Waals surface area contributed by atoms with E-state index in [4.69, 9.17) is 17.3 Å². The average Bonchev–Trinajstić information content (AvgIpc) is 2.48. The van der Waals surface area contributed by atoms with Crippen LogP contribution in [0.4, 0.5) is 4.39 Å². The van der Waals surface area contributed by atoms with E-state index in [1.54, 1.807) is 12.1 Å². The number of halogens is 2. The quantitative estimate of drug-likeness (QED) is 0.885. The molecule has 0 fully saturated rings. The van der Waals surface area contributed by atoms with E-state index in [9.17, 15) is 12.8 Å². The lowest BCUT2D eigenvalue weighted by atomic mass is 10.1. The Kier molecular flexibility index (Phi) is 4.95. The minimum absolute atomic E-state index is 0.0294. The van der Waals surface area contributed by atoms with Crippen LogP contribution in [-0.4, -0.2) is 8.42 Å². The molecule has 0 aliphatic rings. The van der Waals surface area contributed by atoms with Crippen molar-refractivity contribution in [2.24, 2.45) is 5.73 Å². The second kappa shape index (κ2) is 6.53. The van der Waals surface area contributed by atoms with Crippen LogP contribution in [0.25, 0.3) is 0 Å². The number of rotatable bonds is 5. The maximum atomic E-state index is 13.8. The smallest absolute Gasteiger partial charge is 0.243 e. The Morgan fingerprint density at radius 1 is 1.10 bits per heavy atom. The number of nitrogens with one attached hydrogen (secondary N) is 1.